The Morgan fingerprint density at radius 3 is 2.33 bits per heavy atom. The van der Waals surface area contributed by atoms with E-state index in [-0.39, 0.29) is 35.3 Å². The maximum atomic E-state index is 11.8. The normalized spacial score (nSPS) is 11.5. The van der Waals surface area contributed by atoms with Crippen LogP contribution in [-0.4, -0.2) is 44.0 Å². The minimum absolute atomic E-state index is 0. The van der Waals surface area contributed by atoms with Crippen molar-refractivity contribution in [2.45, 2.75) is 27.3 Å². The number of aliphatic imine (C=N–C) groups is 1. The second kappa shape index (κ2) is 10.8. The van der Waals surface area contributed by atoms with Crippen molar-refractivity contribution >= 4 is 47.4 Å². The molecule has 0 aliphatic carbocycles. The number of hydrogen-bond donors (Lipinski definition) is 2. The van der Waals surface area contributed by atoms with Crippen LogP contribution in [0.4, 0.5) is 0 Å². The highest BCUT2D eigenvalue weighted by Crippen LogP contribution is 2.16. The topological polar surface area (TPSA) is 56.7 Å². The summed E-state index contributed by atoms with van der Waals surface area (Å²) in [6, 6.07) is 7.75. The van der Waals surface area contributed by atoms with Gasteiger partial charge in [-0.15, -0.1) is 24.0 Å². The number of halogens is 2. The molecule has 0 saturated heterocycles. The lowest BCUT2D eigenvalue weighted by atomic mass is 9.96. The molecule has 1 aromatic carbocycles. The molecule has 0 spiro atoms. The smallest absolute Gasteiger partial charge is 0.225 e. The minimum atomic E-state index is -0.372. The summed E-state index contributed by atoms with van der Waals surface area (Å²) in [6.45, 7) is 7.51. The fraction of sp³-hybridized carbons (Fsp3) is 0.529. The van der Waals surface area contributed by atoms with Crippen LogP contribution in [0, 0.1) is 5.41 Å². The molecular formula is C17H28ClIN4O. The first-order valence-electron chi connectivity index (χ1n) is 7.69. The first-order chi connectivity index (χ1) is 10.8. The van der Waals surface area contributed by atoms with E-state index >= 15 is 0 Å². The number of carbonyl (C=O) groups excluding carboxylic acids is 1. The lowest BCUT2D eigenvalue weighted by Gasteiger charge is -2.23. The Kier molecular flexibility index (Phi) is 10.3. The SMILES string of the molecule is CN=C(NCCNC(=O)C(C)(C)C)N(C)Cc1ccccc1Cl.I. The Hall–Kier alpha value is -1.02. The van der Waals surface area contributed by atoms with Crippen molar-refractivity contribution < 1.29 is 4.79 Å². The third-order valence-electron chi connectivity index (χ3n) is 3.31. The van der Waals surface area contributed by atoms with Crippen LogP contribution < -0.4 is 10.6 Å². The Morgan fingerprint density at radius 2 is 1.79 bits per heavy atom. The first kappa shape index (κ1) is 23.0. The van der Waals surface area contributed by atoms with E-state index in [1.807, 2.05) is 57.0 Å². The van der Waals surface area contributed by atoms with Crippen LogP contribution in [0.2, 0.25) is 5.02 Å². The molecule has 1 amide bonds. The molecule has 0 aromatic heterocycles. The minimum Gasteiger partial charge on any atom is -0.354 e. The van der Waals surface area contributed by atoms with Crippen molar-refractivity contribution in [3.05, 3.63) is 34.9 Å². The molecule has 5 nitrogen and oxygen atoms in total. The van der Waals surface area contributed by atoms with Gasteiger partial charge in [-0.3, -0.25) is 9.79 Å². The van der Waals surface area contributed by atoms with Crippen molar-refractivity contribution in [2.24, 2.45) is 10.4 Å². The average molecular weight is 467 g/mol. The van der Waals surface area contributed by atoms with Crippen molar-refractivity contribution in [2.75, 3.05) is 27.2 Å². The van der Waals surface area contributed by atoms with E-state index < -0.39 is 0 Å². The van der Waals surface area contributed by atoms with Gasteiger partial charge in [-0.25, -0.2) is 0 Å². The van der Waals surface area contributed by atoms with Crippen LogP contribution in [0.5, 0.6) is 0 Å². The zero-order chi connectivity index (χ0) is 17.5. The lowest BCUT2D eigenvalue weighted by molar-refractivity contribution is -0.128. The summed E-state index contributed by atoms with van der Waals surface area (Å²) in [5.41, 5.74) is 0.670. The zero-order valence-corrected chi connectivity index (χ0v) is 18.1. The number of carbonyl (C=O) groups is 1. The van der Waals surface area contributed by atoms with Gasteiger partial charge in [-0.1, -0.05) is 50.6 Å². The van der Waals surface area contributed by atoms with E-state index in [1.54, 1.807) is 7.05 Å². The van der Waals surface area contributed by atoms with Crippen molar-refractivity contribution in [1.82, 2.24) is 15.5 Å². The quantitative estimate of drug-likeness (QED) is 0.303. The number of hydrogen-bond acceptors (Lipinski definition) is 2. The van der Waals surface area contributed by atoms with Crippen LogP contribution >= 0.6 is 35.6 Å². The second-order valence-electron chi connectivity index (χ2n) is 6.43. The van der Waals surface area contributed by atoms with Crippen molar-refractivity contribution in [3.8, 4) is 0 Å². The highest BCUT2D eigenvalue weighted by Gasteiger charge is 2.20. The average Bonchev–Trinajstić information content (AvgIpc) is 2.48. The number of nitrogens with zero attached hydrogens (tertiary/aromatic N) is 2. The van der Waals surface area contributed by atoms with E-state index in [1.165, 1.54) is 0 Å². The number of rotatable bonds is 5. The molecule has 1 rings (SSSR count). The van der Waals surface area contributed by atoms with Crippen LogP contribution in [0.25, 0.3) is 0 Å². The maximum Gasteiger partial charge on any atom is 0.225 e. The molecule has 0 fully saturated rings. The van der Waals surface area contributed by atoms with E-state index in [2.05, 4.69) is 15.6 Å². The molecule has 0 atom stereocenters. The van der Waals surface area contributed by atoms with Crippen LogP contribution in [0.15, 0.2) is 29.3 Å². The summed E-state index contributed by atoms with van der Waals surface area (Å²) in [5, 5.41) is 6.88. The Balaban J connectivity index is 0.00000529. The first-order valence-corrected chi connectivity index (χ1v) is 8.07. The van der Waals surface area contributed by atoms with Gasteiger partial charge in [0.05, 0.1) is 0 Å². The molecule has 0 heterocycles. The molecule has 0 aliphatic rings. The summed E-state index contributed by atoms with van der Waals surface area (Å²) in [6.07, 6.45) is 0. The Labute approximate surface area is 167 Å². The largest absolute Gasteiger partial charge is 0.354 e. The van der Waals surface area contributed by atoms with E-state index in [9.17, 15) is 4.79 Å². The predicted molar refractivity (Wildman–Crippen MR) is 112 cm³/mol. The molecule has 24 heavy (non-hydrogen) atoms. The van der Waals surface area contributed by atoms with Gasteiger partial charge in [0.25, 0.3) is 0 Å². The third kappa shape index (κ3) is 7.70. The molecule has 2 N–H and O–H groups in total. The molecule has 0 saturated carbocycles. The number of amides is 1. The van der Waals surface area contributed by atoms with Crippen LogP contribution in [0.1, 0.15) is 26.3 Å². The second-order valence-corrected chi connectivity index (χ2v) is 6.83. The molecule has 0 unspecified atom stereocenters. The van der Waals surface area contributed by atoms with Gasteiger partial charge >= 0.3 is 0 Å². The molecule has 1 aromatic rings. The molecule has 0 bridgehead atoms. The van der Waals surface area contributed by atoms with E-state index in [0.717, 1.165) is 16.5 Å². The summed E-state index contributed by atoms with van der Waals surface area (Å²) in [7, 11) is 3.69. The fourth-order valence-electron chi connectivity index (χ4n) is 1.96. The van der Waals surface area contributed by atoms with Crippen molar-refractivity contribution in [3.63, 3.8) is 0 Å². The summed E-state index contributed by atoms with van der Waals surface area (Å²) in [5.74, 6) is 0.800. The molecular weight excluding hydrogens is 439 g/mol. The highest BCUT2D eigenvalue weighted by molar-refractivity contribution is 14.0. The Bertz CT molecular complexity index is 558. The fourth-order valence-corrected chi connectivity index (χ4v) is 2.15. The van der Waals surface area contributed by atoms with Gasteiger partial charge in [0.15, 0.2) is 5.96 Å². The number of nitrogens with one attached hydrogen (secondary N) is 2. The van der Waals surface area contributed by atoms with Crippen molar-refractivity contribution in [1.29, 1.82) is 0 Å². The van der Waals surface area contributed by atoms with Gasteiger partial charge in [0.1, 0.15) is 0 Å². The molecule has 0 aliphatic heterocycles. The van der Waals surface area contributed by atoms with Gasteiger partial charge < -0.3 is 15.5 Å². The van der Waals surface area contributed by atoms with E-state index in [4.69, 9.17) is 11.6 Å². The molecule has 136 valence electrons. The molecule has 7 heteroatoms. The monoisotopic (exact) mass is 466 g/mol. The molecule has 0 radical (unpaired) electrons. The highest BCUT2D eigenvalue weighted by atomic mass is 127. The lowest BCUT2D eigenvalue weighted by Crippen LogP contribution is -2.43. The van der Waals surface area contributed by atoms with Gasteiger partial charge in [0, 0.05) is 44.2 Å². The number of benzene rings is 1. The van der Waals surface area contributed by atoms with Crippen LogP contribution in [0.3, 0.4) is 0 Å². The van der Waals surface area contributed by atoms with Gasteiger partial charge in [-0.05, 0) is 11.6 Å². The van der Waals surface area contributed by atoms with Gasteiger partial charge in [-0.2, -0.15) is 0 Å². The van der Waals surface area contributed by atoms with Crippen LogP contribution in [-0.2, 0) is 11.3 Å². The summed E-state index contributed by atoms with van der Waals surface area (Å²) >= 11 is 6.19. The maximum absolute atomic E-state index is 11.8. The van der Waals surface area contributed by atoms with E-state index in [0.29, 0.717) is 19.6 Å². The standard InChI is InChI=1S/C17H27ClN4O.HI/c1-17(2,3)15(23)20-10-11-21-16(19-4)22(5)12-13-8-6-7-9-14(13)18;/h6-9H,10-12H2,1-5H3,(H,19,21)(H,20,23);1H. The summed E-state index contributed by atoms with van der Waals surface area (Å²) < 4.78 is 0. The third-order valence-corrected chi connectivity index (χ3v) is 3.68. The number of guanidine groups is 1. The summed E-state index contributed by atoms with van der Waals surface area (Å²) in [4.78, 5) is 18.0. The predicted octanol–water partition coefficient (Wildman–Crippen LogP) is 3.13. The van der Waals surface area contributed by atoms with Gasteiger partial charge in [0.2, 0.25) is 5.91 Å². The Morgan fingerprint density at radius 1 is 1.21 bits per heavy atom. The zero-order valence-electron chi connectivity index (χ0n) is 15.0.